The van der Waals surface area contributed by atoms with E-state index in [1.165, 1.54) is 16.3 Å². The van der Waals surface area contributed by atoms with E-state index < -0.39 is 19.3 Å². The number of hydrogen-bond donors (Lipinski definition) is 0. The van der Waals surface area contributed by atoms with Crippen molar-refractivity contribution < 1.29 is 27.8 Å². The summed E-state index contributed by atoms with van der Waals surface area (Å²) in [6.07, 6.45) is -1.25. The molecule has 1 amide bonds. The molecule has 11 heteroatoms. The van der Waals surface area contributed by atoms with Gasteiger partial charge in [0, 0.05) is 32.0 Å². The van der Waals surface area contributed by atoms with Crippen LogP contribution in [0.1, 0.15) is 26.7 Å². The monoisotopic (exact) mass is 477 g/mol. The lowest BCUT2D eigenvalue weighted by Crippen LogP contribution is -2.53. The van der Waals surface area contributed by atoms with Crippen molar-refractivity contribution in [2.24, 2.45) is 0 Å². The first kappa shape index (κ1) is 24.1. The van der Waals surface area contributed by atoms with Gasteiger partial charge in [0.1, 0.15) is 12.4 Å². The molecule has 0 bridgehead atoms. The van der Waals surface area contributed by atoms with Gasteiger partial charge in [0.05, 0.1) is 24.9 Å². The number of halogens is 2. The maximum absolute atomic E-state index is 14.8. The minimum atomic E-state index is -1.62. The van der Waals surface area contributed by atoms with E-state index >= 15 is 0 Å². The molecule has 0 saturated carbocycles. The summed E-state index contributed by atoms with van der Waals surface area (Å²) in [6, 6.07) is 10.6. The molecule has 0 N–H and O–H groups in total. The van der Waals surface area contributed by atoms with Crippen LogP contribution in [0.3, 0.4) is 0 Å². The van der Waals surface area contributed by atoms with Crippen LogP contribution in [0.2, 0.25) is 0 Å². The van der Waals surface area contributed by atoms with Gasteiger partial charge in [0.15, 0.2) is 12.1 Å². The number of ether oxygens (including phenoxy) is 3. The molecule has 1 aromatic heterocycles. The third-order valence-electron chi connectivity index (χ3n) is 5.49. The molecule has 1 aromatic carbocycles. The zero-order valence-electron chi connectivity index (χ0n) is 19.2. The van der Waals surface area contributed by atoms with E-state index in [1.807, 2.05) is 19.9 Å². The Morgan fingerprint density at radius 2 is 1.91 bits per heavy atom. The molecule has 2 aliphatic rings. The Labute approximate surface area is 197 Å². The molecule has 34 heavy (non-hydrogen) atoms. The number of hydrazine groups is 1. The Bertz CT molecular complexity index is 946. The molecule has 0 spiro atoms. The topological polar surface area (TPSA) is 80.3 Å². The van der Waals surface area contributed by atoms with Crippen molar-refractivity contribution >= 4 is 17.6 Å². The lowest BCUT2D eigenvalue weighted by Gasteiger charge is -2.40. The normalized spacial score (nSPS) is 22.0. The minimum Gasteiger partial charge on any atom is -0.474 e. The van der Waals surface area contributed by atoms with E-state index in [2.05, 4.69) is 9.97 Å². The highest BCUT2D eigenvalue weighted by Crippen LogP contribution is 2.31. The molecule has 9 nitrogen and oxygen atoms in total. The maximum atomic E-state index is 14.8. The summed E-state index contributed by atoms with van der Waals surface area (Å²) < 4.78 is 44.9. The summed E-state index contributed by atoms with van der Waals surface area (Å²) in [7, 11) is 0. The number of morpholine rings is 1. The fourth-order valence-corrected chi connectivity index (χ4v) is 3.89. The standard InChI is InChI=1S/C23H29F2N5O4/c1-16(2)33-23(31)28-10-8-18(9-11-28)34-22-12-21(26-15-27-22)30(17-6-4-3-5-7-17)29-13-20(25)32-14-19(29)24/h3-7,12,15-16,18-20H,8-11,13-14H2,1-2H3. The average Bonchev–Trinajstić information content (AvgIpc) is 2.82. The molecule has 4 rings (SSSR count). The average molecular weight is 478 g/mol. The zero-order valence-corrected chi connectivity index (χ0v) is 19.2. The number of amides is 1. The van der Waals surface area contributed by atoms with Gasteiger partial charge in [-0.3, -0.25) is 5.01 Å². The molecule has 2 atom stereocenters. The van der Waals surface area contributed by atoms with E-state index in [1.54, 1.807) is 35.2 Å². The first-order chi connectivity index (χ1) is 16.4. The predicted molar refractivity (Wildman–Crippen MR) is 120 cm³/mol. The molecule has 2 aliphatic heterocycles. The second kappa shape index (κ2) is 10.9. The van der Waals surface area contributed by atoms with Gasteiger partial charge in [-0.2, -0.15) is 5.01 Å². The van der Waals surface area contributed by atoms with Crippen molar-refractivity contribution in [2.45, 2.75) is 51.6 Å². The van der Waals surface area contributed by atoms with Gasteiger partial charge in [0.25, 0.3) is 0 Å². The summed E-state index contributed by atoms with van der Waals surface area (Å²) in [4.78, 5) is 22.3. The second-order valence-electron chi connectivity index (χ2n) is 8.40. The Morgan fingerprint density at radius 1 is 1.18 bits per heavy atom. The van der Waals surface area contributed by atoms with Crippen molar-refractivity contribution in [3.63, 3.8) is 0 Å². The molecule has 2 unspecified atom stereocenters. The summed E-state index contributed by atoms with van der Waals surface area (Å²) in [5, 5.41) is 2.76. The molecule has 2 saturated heterocycles. The van der Waals surface area contributed by atoms with Gasteiger partial charge in [-0.1, -0.05) is 18.2 Å². The van der Waals surface area contributed by atoms with Crippen LogP contribution in [0, 0.1) is 0 Å². The highest BCUT2D eigenvalue weighted by atomic mass is 19.2. The second-order valence-corrected chi connectivity index (χ2v) is 8.40. The molecule has 2 fully saturated rings. The highest BCUT2D eigenvalue weighted by molar-refractivity contribution is 5.67. The van der Waals surface area contributed by atoms with Crippen molar-refractivity contribution in [3.8, 4) is 5.88 Å². The summed E-state index contributed by atoms with van der Waals surface area (Å²) in [5.41, 5.74) is 0.612. The summed E-state index contributed by atoms with van der Waals surface area (Å²) >= 11 is 0. The van der Waals surface area contributed by atoms with Crippen molar-refractivity contribution in [2.75, 3.05) is 31.3 Å². The first-order valence-corrected chi connectivity index (χ1v) is 11.4. The molecule has 0 aliphatic carbocycles. The van der Waals surface area contributed by atoms with Crippen molar-refractivity contribution in [3.05, 3.63) is 42.7 Å². The number of para-hydroxylation sites is 1. The van der Waals surface area contributed by atoms with E-state index in [9.17, 15) is 13.6 Å². The van der Waals surface area contributed by atoms with Crippen molar-refractivity contribution in [1.29, 1.82) is 0 Å². The summed E-state index contributed by atoms with van der Waals surface area (Å²) in [6.45, 7) is 3.97. The van der Waals surface area contributed by atoms with Crippen LogP contribution in [0.15, 0.2) is 42.7 Å². The van der Waals surface area contributed by atoms with Crippen LogP contribution >= 0.6 is 0 Å². The fourth-order valence-electron chi connectivity index (χ4n) is 3.89. The summed E-state index contributed by atoms with van der Waals surface area (Å²) in [5.74, 6) is 0.653. The number of benzene rings is 1. The van der Waals surface area contributed by atoms with Gasteiger partial charge in [-0.15, -0.1) is 0 Å². The number of carbonyl (C=O) groups is 1. The number of likely N-dealkylation sites (tertiary alicyclic amines) is 1. The van der Waals surface area contributed by atoms with Gasteiger partial charge >= 0.3 is 6.09 Å². The number of alkyl halides is 2. The third-order valence-corrected chi connectivity index (χ3v) is 5.49. The van der Waals surface area contributed by atoms with Crippen LogP contribution in [-0.4, -0.2) is 77.1 Å². The first-order valence-electron chi connectivity index (χ1n) is 11.4. The van der Waals surface area contributed by atoms with Gasteiger partial charge in [-0.05, 0) is 26.0 Å². The van der Waals surface area contributed by atoms with Crippen LogP contribution < -0.4 is 9.75 Å². The lowest BCUT2D eigenvalue weighted by atomic mass is 10.1. The van der Waals surface area contributed by atoms with Crippen LogP contribution in [0.25, 0.3) is 0 Å². The number of nitrogens with zero attached hydrogens (tertiary/aromatic N) is 5. The SMILES string of the molecule is CC(C)OC(=O)N1CCC(Oc2cc(N(c3ccccc3)N3CC(F)OCC3F)ncn2)CC1. The molecule has 184 valence electrons. The third kappa shape index (κ3) is 5.89. The van der Waals surface area contributed by atoms with E-state index in [0.29, 0.717) is 43.3 Å². The van der Waals surface area contributed by atoms with Gasteiger partial charge in [-0.25, -0.2) is 23.5 Å². The molecule has 3 heterocycles. The molecular weight excluding hydrogens is 448 g/mol. The Hall–Kier alpha value is -3.05. The zero-order chi connectivity index (χ0) is 24.1. The van der Waals surface area contributed by atoms with E-state index in [0.717, 1.165) is 0 Å². The number of aromatic nitrogens is 2. The molecule has 2 aromatic rings. The number of hydrogen-bond acceptors (Lipinski definition) is 8. The Balaban J connectivity index is 1.48. The van der Waals surface area contributed by atoms with Crippen LogP contribution in [0.5, 0.6) is 5.88 Å². The number of carbonyl (C=O) groups excluding carboxylic acids is 1. The smallest absolute Gasteiger partial charge is 0.410 e. The quantitative estimate of drug-likeness (QED) is 0.581. The number of rotatable bonds is 6. The minimum absolute atomic E-state index is 0.149. The predicted octanol–water partition coefficient (Wildman–Crippen LogP) is 3.84. The Morgan fingerprint density at radius 3 is 2.62 bits per heavy atom. The molecular formula is C23H29F2N5O4. The lowest BCUT2D eigenvalue weighted by molar-refractivity contribution is -0.154. The number of piperidine rings is 1. The number of anilines is 2. The van der Waals surface area contributed by atoms with Crippen LogP contribution in [-0.2, 0) is 9.47 Å². The fraction of sp³-hybridized carbons (Fsp3) is 0.522. The largest absolute Gasteiger partial charge is 0.474 e. The highest BCUT2D eigenvalue weighted by Gasteiger charge is 2.35. The molecule has 0 radical (unpaired) electrons. The van der Waals surface area contributed by atoms with Gasteiger partial charge < -0.3 is 19.1 Å². The van der Waals surface area contributed by atoms with E-state index in [4.69, 9.17) is 14.2 Å². The van der Waals surface area contributed by atoms with E-state index in [-0.39, 0.29) is 24.8 Å². The Kier molecular flexibility index (Phi) is 7.73. The van der Waals surface area contributed by atoms with Crippen molar-refractivity contribution in [1.82, 2.24) is 19.9 Å². The van der Waals surface area contributed by atoms with Crippen LogP contribution in [0.4, 0.5) is 25.1 Å². The maximum Gasteiger partial charge on any atom is 0.410 e. The van der Waals surface area contributed by atoms with Gasteiger partial charge in [0.2, 0.25) is 12.2 Å².